The van der Waals surface area contributed by atoms with Gasteiger partial charge in [0.15, 0.2) is 0 Å². The Morgan fingerprint density at radius 2 is 2.39 bits per heavy atom. The van der Waals surface area contributed by atoms with Crippen molar-refractivity contribution in [3.05, 3.63) is 22.4 Å². The van der Waals surface area contributed by atoms with Crippen LogP contribution in [0.4, 0.5) is 0 Å². The molecule has 1 saturated heterocycles. The van der Waals surface area contributed by atoms with E-state index in [1.165, 1.54) is 0 Å². The molecule has 0 saturated carbocycles. The zero-order chi connectivity index (χ0) is 12.4. The fraction of sp³-hybridized carbons (Fsp3) is 0.545. The monoisotopic (exact) mass is 337 g/mol. The van der Waals surface area contributed by atoms with E-state index in [0.29, 0.717) is 18.8 Å². The summed E-state index contributed by atoms with van der Waals surface area (Å²) in [6.45, 7) is 1.85. The van der Waals surface area contributed by atoms with Crippen LogP contribution in [0.5, 0.6) is 0 Å². The maximum atomic E-state index is 11.9. The van der Waals surface area contributed by atoms with Gasteiger partial charge in [0.25, 0.3) is 5.91 Å². The number of β-amino-alcohol motifs (C(OH)–C–C–N with tert-alkyl or cyclic N) is 1. The van der Waals surface area contributed by atoms with E-state index >= 15 is 0 Å². The van der Waals surface area contributed by atoms with Crippen molar-refractivity contribution in [1.29, 1.82) is 0 Å². The predicted octanol–water partition coefficient (Wildman–Crippen LogP) is 0.519. The summed E-state index contributed by atoms with van der Waals surface area (Å²) in [7, 11) is 1.83. The van der Waals surface area contributed by atoms with E-state index in [1.54, 1.807) is 10.6 Å². The number of aliphatic hydroxyl groups excluding tert-OH is 1. The van der Waals surface area contributed by atoms with Gasteiger partial charge in [0.2, 0.25) is 0 Å². The van der Waals surface area contributed by atoms with E-state index in [0.717, 1.165) is 11.0 Å². The lowest BCUT2D eigenvalue weighted by atomic mass is 10.1. The summed E-state index contributed by atoms with van der Waals surface area (Å²) < 4.78 is 2.65. The molecule has 1 amide bonds. The number of aliphatic hydroxyl groups is 1. The van der Waals surface area contributed by atoms with Crippen LogP contribution in [0.25, 0.3) is 0 Å². The number of aromatic nitrogens is 1. The number of carbonyl (C=O) groups excluding carboxylic acids is 1. The third-order valence-electron chi connectivity index (χ3n) is 3.03. The number of hydrogen-bond acceptors (Lipinski definition) is 3. The lowest BCUT2D eigenvalue weighted by molar-refractivity contribution is 0.0919. The third-order valence-corrected chi connectivity index (χ3v) is 3.47. The minimum Gasteiger partial charge on any atom is -0.391 e. The fourth-order valence-electron chi connectivity index (χ4n) is 1.99. The van der Waals surface area contributed by atoms with Crippen LogP contribution in [0, 0.1) is 5.92 Å². The first-order valence-electron chi connectivity index (χ1n) is 5.57. The Kier molecular flexibility index (Phi) is 5.65. The zero-order valence-electron chi connectivity index (χ0n) is 10.0. The molecule has 0 radical (unpaired) electrons. The molecule has 1 aromatic heterocycles. The van der Waals surface area contributed by atoms with Crippen molar-refractivity contribution < 1.29 is 9.90 Å². The van der Waals surface area contributed by atoms with Crippen LogP contribution in [0.1, 0.15) is 10.5 Å². The van der Waals surface area contributed by atoms with E-state index < -0.39 is 0 Å². The molecule has 102 valence electrons. The summed E-state index contributed by atoms with van der Waals surface area (Å²) in [5, 5.41) is 15.5. The second kappa shape index (κ2) is 6.56. The van der Waals surface area contributed by atoms with E-state index in [-0.39, 0.29) is 30.3 Å². The second-order valence-corrected chi connectivity index (χ2v) is 5.27. The minimum absolute atomic E-state index is 0. The molecule has 2 unspecified atom stereocenters. The Morgan fingerprint density at radius 1 is 1.67 bits per heavy atom. The van der Waals surface area contributed by atoms with Gasteiger partial charge in [0, 0.05) is 43.3 Å². The van der Waals surface area contributed by atoms with Crippen LogP contribution in [0.2, 0.25) is 0 Å². The van der Waals surface area contributed by atoms with Crippen molar-refractivity contribution in [1.82, 2.24) is 15.2 Å². The Labute approximate surface area is 120 Å². The molecule has 0 aliphatic carbocycles. The highest BCUT2D eigenvalue weighted by Gasteiger charge is 2.25. The molecule has 0 aromatic carbocycles. The highest BCUT2D eigenvalue weighted by atomic mass is 79.9. The Balaban J connectivity index is 0.00000162. The Morgan fingerprint density at radius 3 is 2.89 bits per heavy atom. The highest BCUT2D eigenvalue weighted by Crippen LogP contribution is 2.14. The molecule has 1 fully saturated rings. The number of halogens is 2. The van der Waals surface area contributed by atoms with Gasteiger partial charge >= 0.3 is 0 Å². The van der Waals surface area contributed by atoms with E-state index in [9.17, 15) is 9.90 Å². The summed E-state index contributed by atoms with van der Waals surface area (Å²) in [6, 6.07) is 1.78. The van der Waals surface area contributed by atoms with Gasteiger partial charge < -0.3 is 20.3 Å². The van der Waals surface area contributed by atoms with Crippen molar-refractivity contribution in [2.24, 2.45) is 13.0 Å². The third kappa shape index (κ3) is 3.47. The molecule has 2 heterocycles. The molecule has 1 aliphatic heterocycles. The van der Waals surface area contributed by atoms with Crippen molar-refractivity contribution in [3.8, 4) is 0 Å². The largest absolute Gasteiger partial charge is 0.391 e. The number of nitrogens with one attached hydrogen (secondary N) is 2. The number of carbonyl (C=O) groups is 1. The molecular formula is C11H17BrClN3O2. The van der Waals surface area contributed by atoms with Crippen LogP contribution < -0.4 is 10.6 Å². The fourth-order valence-corrected chi connectivity index (χ4v) is 2.52. The van der Waals surface area contributed by atoms with Crippen molar-refractivity contribution in [2.45, 2.75) is 6.10 Å². The molecule has 1 aliphatic rings. The summed E-state index contributed by atoms with van der Waals surface area (Å²) in [6.07, 6.45) is 1.47. The van der Waals surface area contributed by atoms with Gasteiger partial charge in [-0.15, -0.1) is 12.4 Å². The van der Waals surface area contributed by atoms with Crippen LogP contribution in [-0.2, 0) is 7.05 Å². The van der Waals surface area contributed by atoms with Crippen LogP contribution >= 0.6 is 28.3 Å². The van der Waals surface area contributed by atoms with E-state index in [1.807, 2.05) is 13.2 Å². The molecule has 7 heteroatoms. The van der Waals surface area contributed by atoms with Gasteiger partial charge in [-0.1, -0.05) is 0 Å². The van der Waals surface area contributed by atoms with Gasteiger partial charge in [-0.3, -0.25) is 4.79 Å². The first kappa shape index (κ1) is 15.5. The molecule has 0 bridgehead atoms. The second-order valence-electron chi connectivity index (χ2n) is 4.35. The smallest absolute Gasteiger partial charge is 0.267 e. The molecule has 0 spiro atoms. The van der Waals surface area contributed by atoms with Gasteiger partial charge in [0.1, 0.15) is 5.69 Å². The molecule has 3 N–H and O–H groups in total. The van der Waals surface area contributed by atoms with Crippen molar-refractivity contribution in [2.75, 3.05) is 19.6 Å². The summed E-state index contributed by atoms with van der Waals surface area (Å²) >= 11 is 3.33. The van der Waals surface area contributed by atoms with Crippen molar-refractivity contribution in [3.63, 3.8) is 0 Å². The number of aryl methyl sites for hydroxylation is 1. The molecular weight excluding hydrogens is 321 g/mol. The highest BCUT2D eigenvalue weighted by molar-refractivity contribution is 9.10. The number of rotatable bonds is 3. The number of nitrogens with zero attached hydrogens (tertiary/aromatic N) is 1. The van der Waals surface area contributed by atoms with E-state index in [4.69, 9.17) is 0 Å². The molecule has 5 nitrogen and oxygen atoms in total. The van der Waals surface area contributed by atoms with Gasteiger partial charge in [-0.05, 0) is 22.0 Å². The first-order valence-corrected chi connectivity index (χ1v) is 6.36. The van der Waals surface area contributed by atoms with E-state index in [2.05, 4.69) is 26.6 Å². The Bertz CT molecular complexity index is 424. The normalized spacial score (nSPS) is 22.6. The quantitative estimate of drug-likeness (QED) is 0.753. The van der Waals surface area contributed by atoms with Crippen LogP contribution in [-0.4, -0.2) is 41.3 Å². The summed E-state index contributed by atoms with van der Waals surface area (Å²) in [5.41, 5.74) is 0.609. The maximum Gasteiger partial charge on any atom is 0.267 e. The summed E-state index contributed by atoms with van der Waals surface area (Å²) in [4.78, 5) is 11.9. The maximum absolute atomic E-state index is 11.9. The predicted molar refractivity (Wildman–Crippen MR) is 75.1 cm³/mol. The lowest BCUT2D eigenvalue weighted by Gasteiger charge is -2.14. The standard InChI is InChI=1S/C11H16BrN3O2.ClH/c1-15-6-8(12)2-9(15)11(17)14-4-7-3-13-5-10(7)16;/h2,6-7,10,13,16H,3-5H2,1H3,(H,14,17);1H. The Hall–Kier alpha value is -0.560. The van der Waals surface area contributed by atoms with Gasteiger partial charge in [0.05, 0.1) is 6.10 Å². The minimum atomic E-state index is -0.365. The average Bonchev–Trinajstić information content (AvgIpc) is 2.81. The van der Waals surface area contributed by atoms with Gasteiger partial charge in [-0.2, -0.15) is 0 Å². The topological polar surface area (TPSA) is 66.3 Å². The van der Waals surface area contributed by atoms with Crippen LogP contribution in [0.15, 0.2) is 16.7 Å². The van der Waals surface area contributed by atoms with Crippen molar-refractivity contribution >= 4 is 34.2 Å². The SMILES string of the molecule is Cl.Cn1cc(Br)cc1C(=O)NCC1CNCC1O. The number of amides is 1. The molecule has 2 atom stereocenters. The van der Waals surface area contributed by atoms with Crippen LogP contribution in [0.3, 0.4) is 0 Å². The average molecular weight is 339 g/mol. The zero-order valence-corrected chi connectivity index (χ0v) is 12.4. The number of hydrogen-bond donors (Lipinski definition) is 3. The van der Waals surface area contributed by atoms with Gasteiger partial charge in [-0.25, -0.2) is 0 Å². The first-order chi connectivity index (χ1) is 8.08. The molecule has 18 heavy (non-hydrogen) atoms. The summed E-state index contributed by atoms with van der Waals surface area (Å²) in [5.74, 6) is -0.0139. The molecule has 2 rings (SSSR count). The lowest BCUT2D eigenvalue weighted by Crippen LogP contribution is -2.35. The molecule has 1 aromatic rings.